The Morgan fingerprint density at radius 3 is 2.85 bits per heavy atom. The fourth-order valence-electron chi connectivity index (χ4n) is 3.13. The van der Waals surface area contributed by atoms with Crippen molar-refractivity contribution in [2.24, 2.45) is 0 Å². The van der Waals surface area contributed by atoms with Crippen LogP contribution in [0.5, 0.6) is 5.75 Å². The molecule has 2 aromatic carbocycles. The number of carbonyl (C=O) groups excluding carboxylic acids is 1. The number of hydrogen-bond donors (Lipinski definition) is 1. The number of carbonyl (C=O) groups is 1. The molecule has 1 N–H and O–H groups in total. The number of aromatic nitrogens is 3. The van der Waals surface area contributed by atoms with Gasteiger partial charge in [-0.1, -0.05) is 12.1 Å². The summed E-state index contributed by atoms with van der Waals surface area (Å²) in [6.45, 7) is 0.760. The summed E-state index contributed by atoms with van der Waals surface area (Å²) in [5.41, 5.74) is 1.57. The molecule has 27 heavy (non-hydrogen) atoms. The van der Waals surface area contributed by atoms with Crippen molar-refractivity contribution < 1.29 is 13.9 Å². The van der Waals surface area contributed by atoms with E-state index in [-0.39, 0.29) is 18.3 Å². The first-order chi connectivity index (χ1) is 13.2. The smallest absolute Gasteiger partial charge is 0.262 e. The molecule has 3 aromatic rings. The molecular formula is C20H19FN4O2. The summed E-state index contributed by atoms with van der Waals surface area (Å²) in [6.07, 6.45) is 3.21. The highest BCUT2D eigenvalue weighted by Crippen LogP contribution is 2.25. The summed E-state index contributed by atoms with van der Waals surface area (Å²) in [5.74, 6) is 1.64. The van der Waals surface area contributed by atoms with E-state index in [0.29, 0.717) is 11.4 Å². The average Bonchev–Trinajstić information content (AvgIpc) is 3.12. The van der Waals surface area contributed by atoms with E-state index >= 15 is 0 Å². The van der Waals surface area contributed by atoms with Gasteiger partial charge in [0.05, 0.1) is 0 Å². The molecule has 0 saturated heterocycles. The Labute approximate surface area is 156 Å². The maximum absolute atomic E-state index is 12.9. The number of nitrogens with zero attached hydrogens (tertiary/aromatic N) is 3. The summed E-state index contributed by atoms with van der Waals surface area (Å²) in [4.78, 5) is 12.1. The lowest BCUT2D eigenvalue weighted by atomic mass is 10.1. The van der Waals surface area contributed by atoms with Gasteiger partial charge in [0.15, 0.2) is 12.4 Å². The molecule has 0 saturated carbocycles. The van der Waals surface area contributed by atoms with E-state index in [9.17, 15) is 9.18 Å². The van der Waals surface area contributed by atoms with Crippen molar-refractivity contribution >= 4 is 11.6 Å². The number of amides is 1. The Morgan fingerprint density at radius 2 is 2.00 bits per heavy atom. The van der Waals surface area contributed by atoms with Crippen LogP contribution in [0, 0.1) is 5.82 Å². The molecular weight excluding hydrogens is 347 g/mol. The van der Waals surface area contributed by atoms with E-state index in [2.05, 4.69) is 20.1 Å². The van der Waals surface area contributed by atoms with Crippen LogP contribution in [0.1, 0.15) is 18.7 Å². The van der Waals surface area contributed by atoms with Gasteiger partial charge in [-0.15, -0.1) is 10.2 Å². The van der Waals surface area contributed by atoms with Gasteiger partial charge >= 0.3 is 0 Å². The molecule has 4 rings (SSSR count). The summed E-state index contributed by atoms with van der Waals surface area (Å²) in [7, 11) is 0. The third kappa shape index (κ3) is 3.97. The van der Waals surface area contributed by atoms with Crippen molar-refractivity contribution in [1.82, 2.24) is 14.8 Å². The van der Waals surface area contributed by atoms with Gasteiger partial charge in [0.1, 0.15) is 17.4 Å². The number of nitrogens with one attached hydrogen (secondary N) is 1. The number of hydrogen-bond acceptors (Lipinski definition) is 4. The maximum Gasteiger partial charge on any atom is 0.262 e. The van der Waals surface area contributed by atoms with Crippen LogP contribution in [-0.2, 0) is 17.8 Å². The van der Waals surface area contributed by atoms with Crippen LogP contribution in [-0.4, -0.2) is 27.3 Å². The number of rotatable bonds is 5. The lowest BCUT2D eigenvalue weighted by molar-refractivity contribution is -0.118. The average molecular weight is 366 g/mol. The summed E-state index contributed by atoms with van der Waals surface area (Å²) < 4.78 is 20.4. The quantitative estimate of drug-likeness (QED) is 0.751. The number of benzene rings is 2. The van der Waals surface area contributed by atoms with E-state index < -0.39 is 0 Å². The Hall–Kier alpha value is -3.22. The Balaban J connectivity index is 1.42. The second-order valence-corrected chi connectivity index (χ2v) is 6.42. The van der Waals surface area contributed by atoms with Crippen molar-refractivity contribution in [1.29, 1.82) is 0 Å². The molecule has 7 heteroatoms. The number of aryl methyl sites for hydroxylation is 1. The Morgan fingerprint density at radius 1 is 1.15 bits per heavy atom. The second-order valence-electron chi connectivity index (χ2n) is 6.42. The van der Waals surface area contributed by atoms with E-state index in [1.54, 1.807) is 0 Å². The highest BCUT2D eigenvalue weighted by molar-refractivity contribution is 5.92. The largest absolute Gasteiger partial charge is 0.484 e. The van der Waals surface area contributed by atoms with E-state index in [4.69, 9.17) is 4.74 Å². The molecule has 0 bridgehead atoms. The van der Waals surface area contributed by atoms with Gasteiger partial charge in [-0.05, 0) is 49.2 Å². The van der Waals surface area contributed by atoms with Crippen molar-refractivity contribution in [3.63, 3.8) is 0 Å². The molecule has 2 heterocycles. The molecule has 0 fully saturated rings. The minimum absolute atomic E-state index is 0.157. The van der Waals surface area contributed by atoms with Crippen LogP contribution in [0.25, 0.3) is 11.4 Å². The van der Waals surface area contributed by atoms with Crippen LogP contribution < -0.4 is 10.1 Å². The zero-order valence-electron chi connectivity index (χ0n) is 14.7. The van der Waals surface area contributed by atoms with Crippen LogP contribution in [0.15, 0.2) is 48.5 Å². The maximum atomic E-state index is 12.9. The van der Waals surface area contributed by atoms with E-state index in [1.165, 1.54) is 24.3 Å². The topological polar surface area (TPSA) is 69.0 Å². The van der Waals surface area contributed by atoms with Gasteiger partial charge in [0.25, 0.3) is 5.91 Å². The van der Waals surface area contributed by atoms with Crippen LogP contribution in [0.4, 0.5) is 10.1 Å². The summed E-state index contributed by atoms with van der Waals surface area (Å²) >= 11 is 0. The Bertz CT molecular complexity index is 953. The highest BCUT2D eigenvalue weighted by atomic mass is 19.1. The van der Waals surface area contributed by atoms with E-state index in [1.807, 2.05) is 24.3 Å². The normalized spacial score (nSPS) is 13.1. The molecule has 0 atom stereocenters. The lowest BCUT2D eigenvalue weighted by Crippen LogP contribution is -2.20. The number of anilines is 1. The Kier molecular flexibility index (Phi) is 4.82. The first kappa shape index (κ1) is 17.2. The van der Waals surface area contributed by atoms with Gasteiger partial charge in [-0.2, -0.15) is 0 Å². The molecule has 0 spiro atoms. The lowest BCUT2D eigenvalue weighted by Gasteiger charge is -2.15. The van der Waals surface area contributed by atoms with Crippen molar-refractivity contribution in [3.05, 3.63) is 60.2 Å². The van der Waals surface area contributed by atoms with Gasteiger partial charge in [0.2, 0.25) is 0 Å². The van der Waals surface area contributed by atoms with Gasteiger partial charge < -0.3 is 14.6 Å². The first-order valence-electron chi connectivity index (χ1n) is 8.90. The molecule has 0 aliphatic carbocycles. The van der Waals surface area contributed by atoms with Crippen molar-refractivity contribution in [3.8, 4) is 17.1 Å². The monoisotopic (exact) mass is 366 g/mol. The van der Waals surface area contributed by atoms with Crippen LogP contribution >= 0.6 is 0 Å². The van der Waals surface area contributed by atoms with Gasteiger partial charge in [-0.3, -0.25) is 4.79 Å². The van der Waals surface area contributed by atoms with Gasteiger partial charge in [0, 0.05) is 24.2 Å². The minimum atomic E-state index is -0.348. The standard InChI is InChI=1S/C20H19FN4O2/c21-15-7-9-17(10-8-15)27-13-19(26)22-16-5-3-4-14(12-16)20-24-23-18-6-1-2-11-25(18)20/h3-5,7-10,12H,1-2,6,11,13H2,(H,22,26). The SMILES string of the molecule is O=C(COc1ccc(F)cc1)Nc1cccc(-c2nnc3n2CCCC3)c1. The molecule has 1 aliphatic rings. The van der Waals surface area contributed by atoms with Gasteiger partial charge in [-0.25, -0.2) is 4.39 Å². The minimum Gasteiger partial charge on any atom is -0.484 e. The zero-order chi connectivity index (χ0) is 18.6. The van der Waals surface area contributed by atoms with E-state index in [0.717, 1.165) is 43.0 Å². The summed E-state index contributed by atoms with van der Waals surface area (Å²) in [6, 6.07) is 13.1. The van der Waals surface area contributed by atoms with Crippen molar-refractivity contribution in [2.75, 3.05) is 11.9 Å². The predicted molar refractivity (Wildman–Crippen MR) is 98.9 cm³/mol. The molecule has 138 valence electrons. The number of fused-ring (bicyclic) bond motifs is 1. The number of ether oxygens (including phenoxy) is 1. The predicted octanol–water partition coefficient (Wildman–Crippen LogP) is 3.44. The molecule has 0 unspecified atom stereocenters. The van der Waals surface area contributed by atoms with Crippen LogP contribution in [0.2, 0.25) is 0 Å². The third-order valence-corrected chi connectivity index (χ3v) is 4.45. The molecule has 0 radical (unpaired) electrons. The molecule has 6 nitrogen and oxygen atoms in total. The van der Waals surface area contributed by atoms with Crippen molar-refractivity contribution in [2.45, 2.75) is 25.8 Å². The summed E-state index contributed by atoms with van der Waals surface area (Å²) in [5, 5.41) is 11.4. The fraction of sp³-hybridized carbons (Fsp3) is 0.250. The highest BCUT2D eigenvalue weighted by Gasteiger charge is 2.17. The molecule has 1 amide bonds. The molecule has 1 aromatic heterocycles. The second kappa shape index (κ2) is 7.57. The number of halogens is 1. The third-order valence-electron chi connectivity index (χ3n) is 4.45. The zero-order valence-corrected chi connectivity index (χ0v) is 14.7. The van der Waals surface area contributed by atoms with Crippen LogP contribution in [0.3, 0.4) is 0 Å². The molecule has 1 aliphatic heterocycles. The fourth-order valence-corrected chi connectivity index (χ4v) is 3.13. The first-order valence-corrected chi connectivity index (χ1v) is 8.90.